The molecule has 3 atom stereocenters. The number of para-hydroxylation sites is 1. The van der Waals surface area contributed by atoms with Crippen molar-refractivity contribution >= 4 is 5.69 Å². The summed E-state index contributed by atoms with van der Waals surface area (Å²) in [5.74, 6) is 1.28. The Labute approximate surface area is 105 Å². The summed E-state index contributed by atoms with van der Waals surface area (Å²) in [5.41, 5.74) is 8.88. The maximum Gasteiger partial charge on any atom is 0.0399 e. The number of hydrogen-bond donors (Lipinski definition) is 1. The Morgan fingerprint density at radius 2 is 2.06 bits per heavy atom. The van der Waals surface area contributed by atoms with Gasteiger partial charge in [-0.15, -0.1) is 0 Å². The second-order valence-electron chi connectivity index (χ2n) is 5.68. The predicted molar refractivity (Wildman–Crippen MR) is 74.3 cm³/mol. The van der Waals surface area contributed by atoms with E-state index in [1.54, 1.807) is 0 Å². The second-order valence-corrected chi connectivity index (χ2v) is 5.68. The molecule has 0 bridgehead atoms. The highest BCUT2D eigenvalue weighted by molar-refractivity contribution is 5.55. The molecule has 0 aromatic heterocycles. The third-order valence-electron chi connectivity index (χ3n) is 3.84. The maximum absolute atomic E-state index is 5.98. The highest BCUT2D eigenvalue weighted by atomic mass is 15.1. The number of hydrogen-bond acceptors (Lipinski definition) is 2. The lowest BCUT2D eigenvalue weighted by atomic mass is 9.92. The van der Waals surface area contributed by atoms with E-state index in [4.69, 9.17) is 5.73 Å². The van der Waals surface area contributed by atoms with Gasteiger partial charge in [-0.2, -0.15) is 0 Å². The van der Waals surface area contributed by atoms with Crippen LogP contribution in [0.15, 0.2) is 24.3 Å². The molecule has 1 aliphatic rings. The molecule has 2 rings (SSSR count). The largest absolute Gasteiger partial charge is 0.371 e. The van der Waals surface area contributed by atoms with Crippen molar-refractivity contribution in [1.29, 1.82) is 0 Å². The van der Waals surface area contributed by atoms with Crippen LogP contribution in [-0.4, -0.2) is 19.1 Å². The fourth-order valence-corrected chi connectivity index (χ4v) is 2.59. The van der Waals surface area contributed by atoms with Crippen LogP contribution >= 0.6 is 0 Å². The van der Waals surface area contributed by atoms with Crippen LogP contribution in [0.2, 0.25) is 0 Å². The van der Waals surface area contributed by atoms with Gasteiger partial charge < -0.3 is 10.6 Å². The third kappa shape index (κ3) is 2.81. The van der Waals surface area contributed by atoms with Crippen LogP contribution in [0.1, 0.15) is 26.3 Å². The van der Waals surface area contributed by atoms with Gasteiger partial charge in [0.1, 0.15) is 0 Å². The normalized spacial score (nSPS) is 23.1. The van der Waals surface area contributed by atoms with Crippen LogP contribution in [0.5, 0.6) is 0 Å². The molecule has 0 saturated heterocycles. The van der Waals surface area contributed by atoms with Crippen molar-refractivity contribution in [2.75, 3.05) is 18.0 Å². The number of benzene rings is 1. The van der Waals surface area contributed by atoms with Crippen LogP contribution in [0.4, 0.5) is 5.69 Å². The minimum absolute atomic E-state index is 0.263. The van der Waals surface area contributed by atoms with Gasteiger partial charge in [-0.25, -0.2) is 0 Å². The number of nitrogens with zero attached hydrogens (tertiary/aromatic N) is 1. The van der Waals surface area contributed by atoms with E-state index in [9.17, 15) is 0 Å². The SMILES string of the molecule is CC1Cc2ccccc2N(CC(C)C(C)N)C1. The van der Waals surface area contributed by atoms with E-state index in [-0.39, 0.29) is 6.04 Å². The van der Waals surface area contributed by atoms with E-state index in [1.165, 1.54) is 17.7 Å². The summed E-state index contributed by atoms with van der Waals surface area (Å²) in [6, 6.07) is 9.05. The average molecular weight is 232 g/mol. The van der Waals surface area contributed by atoms with Crippen molar-refractivity contribution in [3.8, 4) is 0 Å². The van der Waals surface area contributed by atoms with Gasteiger partial charge >= 0.3 is 0 Å². The summed E-state index contributed by atoms with van der Waals surface area (Å²) >= 11 is 0. The van der Waals surface area contributed by atoms with Crippen LogP contribution in [0, 0.1) is 11.8 Å². The molecule has 0 fully saturated rings. The van der Waals surface area contributed by atoms with Gasteiger partial charge in [0.2, 0.25) is 0 Å². The monoisotopic (exact) mass is 232 g/mol. The number of rotatable bonds is 3. The van der Waals surface area contributed by atoms with Crippen molar-refractivity contribution in [2.24, 2.45) is 17.6 Å². The van der Waals surface area contributed by atoms with Crippen molar-refractivity contribution in [3.05, 3.63) is 29.8 Å². The highest BCUT2D eigenvalue weighted by Crippen LogP contribution is 2.30. The Bertz CT molecular complexity index is 373. The molecular weight excluding hydrogens is 208 g/mol. The molecule has 2 nitrogen and oxygen atoms in total. The zero-order valence-corrected chi connectivity index (χ0v) is 11.2. The minimum atomic E-state index is 0.263. The molecule has 0 amide bonds. The Kier molecular flexibility index (Phi) is 3.72. The van der Waals surface area contributed by atoms with Crippen LogP contribution < -0.4 is 10.6 Å². The Morgan fingerprint density at radius 3 is 2.76 bits per heavy atom. The van der Waals surface area contributed by atoms with Crippen molar-refractivity contribution in [1.82, 2.24) is 0 Å². The topological polar surface area (TPSA) is 29.3 Å². The van der Waals surface area contributed by atoms with Gasteiger partial charge in [0.25, 0.3) is 0 Å². The van der Waals surface area contributed by atoms with Gasteiger partial charge in [-0.1, -0.05) is 32.0 Å². The maximum atomic E-state index is 5.98. The van der Waals surface area contributed by atoms with Crippen LogP contribution in [0.3, 0.4) is 0 Å². The molecule has 0 aliphatic carbocycles. The molecule has 2 N–H and O–H groups in total. The Balaban J connectivity index is 2.18. The van der Waals surface area contributed by atoms with Crippen LogP contribution in [-0.2, 0) is 6.42 Å². The first-order valence-corrected chi connectivity index (χ1v) is 6.66. The molecule has 1 aliphatic heterocycles. The Hall–Kier alpha value is -1.02. The predicted octanol–water partition coefficient (Wildman–Crippen LogP) is 2.67. The molecule has 3 unspecified atom stereocenters. The fourth-order valence-electron chi connectivity index (χ4n) is 2.59. The van der Waals surface area contributed by atoms with Crippen molar-refractivity contribution < 1.29 is 0 Å². The standard InChI is InChI=1S/C15H24N2/c1-11-8-14-6-4-5-7-15(14)17(9-11)10-12(2)13(3)16/h4-7,11-13H,8-10,16H2,1-3H3. The van der Waals surface area contributed by atoms with Gasteiger partial charge in [0, 0.05) is 24.8 Å². The molecule has 0 saturated carbocycles. The van der Waals surface area contributed by atoms with E-state index >= 15 is 0 Å². The molecule has 0 radical (unpaired) electrons. The van der Waals surface area contributed by atoms with E-state index < -0.39 is 0 Å². The molecule has 1 aromatic carbocycles. The summed E-state index contributed by atoms with van der Waals surface area (Å²) in [5, 5.41) is 0. The fraction of sp³-hybridized carbons (Fsp3) is 0.600. The summed E-state index contributed by atoms with van der Waals surface area (Å²) < 4.78 is 0. The highest BCUT2D eigenvalue weighted by Gasteiger charge is 2.23. The van der Waals surface area contributed by atoms with E-state index in [0.717, 1.165) is 19.0 Å². The number of anilines is 1. The number of nitrogens with two attached hydrogens (primary N) is 1. The van der Waals surface area contributed by atoms with E-state index in [0.29, 0.717) is 5.92 Å². The average Bonchev–Trinajstić information content (AvgIpc) is 2.28. The Morgan fingerprint density at radius 1 is 1.35 bits per heavy atom. The molecular formula is C15H24N2. The smallest absolute Gasteiger partial charge is 0.0399 e. The van der Waals surface area contributed by atoms with Crippen LogP contribution in [0.25, 0.3) is 0 Å². The van der Waals surface area contributed by atoms with Gasteiger partial charge in [0.05, 0.1) is 0 Å². The molecule has 2 heteroatoms. The van der Waals surface area contributed by atoms with Gasteiger partial charge in [0.15, 0.2) is 0 Å². The summed E-state index contributed by atoms with van der Waals surface area (Å²) in [6.45, 7) is 8.91. The first-order chi connectivity index (χ1) is 8.08. The second kappa shape index (κ2) is 5.09. The van der Waals surface area contributed by atoms with Crippen molar-refractivity contribution in [3.63, 3.8) is 0 Å². The molecule has 0 spiro atoms. The van der Waals surface area contributed by atoms with E-state index in [2.05, 4.69) is 49.9 Å². The molecule has 1 aromatic rings. The minimum Gasteiger partial charge on any atom is -0.371 e. The molecule has 1 heterocycles. The lowest BCUT2D eigenvalue weighted by Crippen LogP contribution is -2.41. The summed E-state index contributed by atoms with van der Waals surface area (Å²) in [6.07, 6.45) is 1.21. The summed E-state index contributed by atoms with van der Waals surface area (Å²) in [7, 11) is 0. The van der Waals surface area contributed by atoms with E-state index in [1.807, 2.05) is 0 Å². The van der Waals surface area contributed by atoms with Gasteiger partial charge in [-0.05, 0) is 36.8 Å². The zero-order valence-electron chi connectivity index (χ0n) is 11.2. The quantitative estimate of drug-likeness (QED) is 0.868. The first kappa shape index (κ1) is 12.4. The van der Waals surface area contributed by atoms with Gasteiger partial charge in [-0.3, -0.25) is 0 Å². The lowest BCUT2D eigenvalue weighted by Gasteiger charge is -2.37. The zero-order chi connectivity index (χ0) is 12.4. The first-order valence-electron chi connectivity index (χ1n) is 6.66. The number of fused-ring (bicyclic) bond motifs is 1. The molecule has 17 heavy (non-hydrogen) atoms. The lowest BCUT2D eigenvalue weighted by molar-refractivity contribution is 0.443. The third-order valence-corrected chi connectivity index (χ3v) is 3.84. The molecule has 94 valence electrons. The van der Waals surface area contributed by atoms with Crippen molar-refractivity contribution in [2.45, 2.75) is 33.2 Å². The summed E-state index contributed by atoms with van der Waals surface area (Å²) in [4.78, 5) is 2.51.